The lowest BCUT2D eigenvalue weighted by atomic mass is 9.96. The van der Waals surface area contributed by atoms with Crippen LogP contribution in [-0.4, -0.2) is 15.0 Å². The fraction of sp³-hybridized carbons (Fsp3) is 0.400. The van der Waals surface area contributed by atoms with Crippen LogP contribution in [0.3, 0.4) is 0 Å². The quantitative estimate of drug-likeness (QED) is 0.657. The topological polar surface area (TPSA) is 67.6 Å². The average molecular weight is 188 g/mol. The molecule has 72 valence electrons. The summed E-state index contributed by atoms with van der Waals surface area (Å²) in [5, 5.41) is 1.15. The molecular weight excluding hydrogens is 176 g/mol. The molecule has 0 fully saturated rings. The first-order chi connectivity index (χ1) is 6.84. The third-order valence-electron chi connectivity index (χ3n) is 2.87. The number of aromatic amines is 1. The zero-order chi connectivity index (χ0) is 9.54. The molecular formula is C10H12N4. The highest BCUT2D eigenvalue weighted by atomic mass is 15.0. The van der Waals surface area contributed by atoms with E-state index in [-0.39, 0.29) is 0 Å². The van der Waals surface area contributed by atoms with Gasteiger partial charge in [0.15, 0.2) is 0 Å². The van der Waals surface area contributed by atoms with Crippen LogP contribution in [0.5, 0.6) is 0 Å². The summed E-state index contributed by atoms with van der Waals surface area (Å²) in [6.07, 6.45) is 6.64. The maximum Gasteiger partial charge on any atom is 0.221 e. The number of aromatic nitrogens is 3. The van der Waals surface area contributed by atoms with Gasteiger partial charge in [0.1, 0.15) is 5.65 Å². The van der Waals surface area contributed by atoms with Gasteiger partial charge in [0.25, 0.3) is 0 Å². The van der Waals surface area contributed by atoms with Crippen molar-refractivity contribution < 1.29 is 0 Å². The molecule has 3 N–H and O–H groups in total. The van der Waals surface area contributed by atoms with Crippen molar-refractivity contribution in [3.8, 4) is 0 Å². The average Bonchev–Trinajstić information content (AvgIpc) is 2.54. The summed E-state index contributed by atoms with van der Waals surface area (Å²) in [5.74, 6) is 0.344. The molecule has 2 aromatic heterocycles. The van der Waals surface area contributed by atoms with Gasteiger partial charge in [-0.3, -0.25) is 0 Å². The maximum atomic E-state index is 5.54. The molecule has 0 amide bonds. The summed E-state index contributed by atoms with van der Waals surface area (Å²) in [4.78, 5) is 11.6. The van der Waals surface area contributed by atoms with E-state index in [4.69, 9.17) is 5.73 Å². The van der Waals surface area contributed by atoms with Gasteiger partial charge in [0, 0.05) is 17.3 Å². The van der Waals surface area contributed by atoms with Gasteiger partial charge < -0.3 is 10.7 Å². The predicted molar refractivity (Wildman–Crippen MR) is 54.9 cm³/mol. The van der Waals surface area contributed by atoms with Crippen molar-refractivity contribution >= 4 is 17.0 Å². The Morgan fingerprint density at radius 2 is 2.14 bits per heavy atom. The van der Waals surface area contributed by atoms with Crippen molar-refractivity contribution in [3.05, 3.63) is 17.5 Å². The normalized spacial score (nSPS) is 15.7. The molecule has 0 unspecified atom stereocenters. The molecule has 4 heteroatoms. The Balaban J connectivity index is 2.31. The Kier molecular flexibility index (Phi) is 1.50. The van der Waals surface area contributed by atoms with Gasteiger partial charge in [-0.15, -0.1) is 0 Å². The monoisotopic (exact) mass is 188 g/mol. The second-order valence-corrected chi connectivity index (χ2v) is 3.78. The van der Waals surface area contributed by atoms with Crippen LogP contribution in [0.1, 0.15) is 24.1 Å². The molecule has 0 saturated heterocycles. The maximum absolute atomic E-state index is 5.54. The molecule has 0 spiro atoms. The molecule has 3 rings (SSSR count). The Labute approximate surface area is 81.6 Å². The van der Waals surface area contributed by atoms with Crippen LogP contribution in [0.25, 0.3) is 11.0 Å². The van der Waals surface area contributed by atoms with E-state index >= 15 is 0 Å². The molecule has 1 aliphatic carbocycles. The SMILES string of the molecule is Nc1ncc2c3c([nH]c2n1)CCCC3. The van der Waals surface area contributed by atoms with E-state index in [0.717, 1.165) is 23.9 Å². The van der Waals surface area contributed by atoms with Crippen LogP contribution >= 0.6 is 0 Å². The van der Waals surface area contributed by atoms with Gasteiger partial charge in [-0.05, 0) is 31.2 Å². The summed E-state index contributed by atoms with van der Waals surface area (Å²) in [7, 11) is 0. The van der Waals surface area contributed by atoms with Crippen LogP contribution in [0.4, 0.5) is 5.95 Å². The van der Waals surface area contributed by atoms with Gasteiger partial charge in [-0.25, -0.2) is 4.98 Å². The van der Waals surface area contributed by atoms with Crippen LogP contribution in [0, 0.1) is 0 Å². The highest BCUT2D eigenvalue weighted by molar-refractivity contribution is 5.81. The molecule has 0 aliphatic heterocycles. The molecule has 0 bridgehead atoms. The van der Waals surface area contributed by atoms with Crippen molar-refractivity contribution in [1.29, 1.82) is 0 Å². The number of nitrogens with one attached hydrogen (secondary N) is 1. The number of hydrogen-bond donors (Lipinski definition) is 2. The zero-order valence-corrected chi connectivity index (χ0v) is 7.88. The lowest BCUT2D eigenvalue weighted by Gasteiger charge is -2.09. The lowest BCUT2D eigenvalue weighted by molar-refractivity contribution is 0.680. The van der Waals surface area contributed by atoms with E-state index in [1.807, 2.05) is 6.20 Å². The number of hydrogen-bond acceptors (Lipinski definition) is 3. The Bertz CT molecular complexity index is 486. The summed E-state index contributed by atoms with van der Waals surface area (Å²) >= 11 is 0. The molecule has 14 heavy (non-hydrogen) atoms. The van der Waals surface area contributed by atoms with Crippen LogP contribution in [0.15, 0.2) is 6.20 Å². The Morgan fingerprint density at radius 3 is 3.07 bits per heavy atom. The highest BCUT2D eigenvalue weighted by Gasteiger charge is 2.15. The minimum atomic E-state index is 0.344. The van der Waals surface area contributed by atoms with E-state index in [1.54, 1.807) is 0 Å². The Morgan fingerprint density at radius 1 is 1.29 bits per heavy atom. The fourth-order valence-corrected chi connectivity index (χ4v) is 2.20. The van der Waals surface area contributed by atoms with Crippen molar-refractivity contribution in [2.24, 2.45) is 0 Å². The number of H-pyrrole nitrogens is 1. The van der Waals surface area contributed by atoms with Crippen LogP contribution < -0.4 is 5.73 Å². The van der Waals surface area contributed by atoms with E-state index in [9.17, 15) is 0 Å². The van der Waals surface area contributed by atoms with Crippen molar-refractivity contribution in [2.45, 2.75) is 25.7 Å². The fourth-order valence-electron chi connectivity index (χ4n) is 2.20. The summed E-state index contributed by atoms with van der Waals surface area (Å²) in [5.41, 5.74) is 9.15. The first kappa shape index (κ1) is 7.79. The molecule has 1 aliphatic rings. The molecule has 0 atom stereocenters. The van der Waals surface area contributed by atoms with Crippen molar-refractivity contribution in [1.82, 2.24) is 15.0 Å². The first-order valence-corrected chi connectivity index (χ1v) is 4.96. The van der Waals surface area contributed by atoms with Gasteiger partial charge in [0.2, 0.25) is 5.95 Å². The van der Waals surface area contributed by atoms with Gasteiger partial charge in [-0.2, -0.15) is 4.98 Å². The van der Waals surface area contributed by atoms with Gasteiger partial charge in [-0.1, -0.05) is 0 Å². The van der Waals surface area contributed by atoms with Gasteiger partial charge in [0.05, 0.1) is 0 Å². The van der Waals surface area contributed by atoms with Crippen LogP contribution in [-0.2, 0) is 12.8 Å². The number of aryl methyl sites for hydroxylation is 2. The van der Waals surface area contributed by atoms with E-state index in [0.29, 0.717) is 5.95 Å². The minimum absolute atomic E-state index is 0.344. The number of fused-ring (bicyclic) bond motifs is 3. The molecule has 0 radical (unpaired) electrons. The van der Waals surface area contributed by atoms with Crippen molar-refractivity contribution in [3.63, 3.8) is 0 Å². The number of rotatable bonds is 0. The first-order valence-electron chi connectivity index (χ1n) is 4.96. The highest BCUT2D eigenvalue weighted by Crippen LogP contribution is 2.27. The number of nitrogens with zero attached hydrogens (tertiary/aromatic N) is 2. The molecule has 0 saturated carbocycles. The van der Waals surface area contributed by atoms with Crippen molar-refractivity contribution in [2.75, 3.05) is 5.73 Å². The minimum Gasteiger partial charge on any atom is -0.368 e. The lowest BCUT2D eigenvalue weighted by Crippen LogP contribution is -2.00. The third-order valence-corrected chi connectivity index (χ3v) is 2.87. The molecule has 4 nitrogen and oxygen atoms in total. The summed E-state index contributed by atoms with van der Waals surface area (Å²) in [6.45, 7) is 0. The molecule has 0 aromatic carbocycles. The second kappa shape index (κ2) is 2.70. The van der Waals surface area contributed by atoms with E-state index in [1.165, 1.54) is 24.1 Å². The Hall–Kier alpha value is -1.58. The number of nitrogen functional groups attached to an aromatic ring is 1. The van der Waals surface area contributed by atoms with E-state index in [2.05, 4.69) is 15.0 Å². The summed E-state index contributed by atoms with van der Waals surface area (Å²) < 4.78 is 0. The zero-order valence-electron chi connectivity index (χ0n) is 7.88. The number of anilines is 1. The molecule has 2 heterocycles. The van der Waals surface area contributed by atoms with Crippen LogP contribution in [0.2, 0.25) is 0 Å². The smallest absolute Gasteiger partial charge is 0.221 e. The third kappa shape index (κ3) is 0.999. The van der Waals surface area contributed by atoms with E-state index < -0.39 is 0 Å². The molecule has 2 aromatic rings. The number of nitrogens with two attached hydrogens (primary N) is 1. The predicted octanol–water partition coefficient (Wildman–Crippen LogP) is 1.42. The summed E-state index contributed by atoms with van der Waals surface area (Å²) in [6, 6.07) is 0. The second-order valence-electron chi connectivity index (χ2n) is 3.78. The van der Waals surface area contributed by atoms with Gasteiger partial charge >= 0.3 is 0 Å². The largest absolute Gasteiger partial charge is 0.368 e. The standard InChI is InChI=1S/C10H12N4/c11-10-12-5-7-6-3-1-2-4-8(6)13-9(7)14-10/h5H,1-4H2,(H3,11,12,13,14).